The molecule has 0 bridgehead atoms. The van der Waals surface area contributed by atoms with Crippen molar-refractivity contribution in [3.63, 3.8) is 0 Å². The van der Waals surface area contributed by atoms with Crippen molar-refractivity contribution in [3.8, 4) is 5.75 Å². The van der Waals surface area contributed by atoms with E-state index >= 15 is 0 Å². The van der Waals surface area contributed by atoms with E-state index in [2.05, 4.69) is 45.2 Å². The van der Waals surface area contributed by atoms with Crippen LogP contribution in [0.1, 0.15) is 24.5 Å². The number of nitrogens with one attached hydrogen (secondary N) is 1. The number of halogens is 1. The van der Waals surface area contributed by atoms with E-state index in [1.807, 2.05) is 0 Å². The molecule has 1 saturated heterocycles. The molecule has 0 radical (unpaired) electrons. The van der Waals surface area contributed by atoms with Crippen LogP contribution in [-0.2, 0) is 13.0 Å². The van der Waals surface area contributed by atoms with Crippen LogP contribution in [0.3, 0.4) is 0 Å². The van der Waals surface area contributed by atoms with Crippen LogP contribution in [0.4, 0.5) is 0 Å². The Balaban J connectivity index is 1.64. The Kier molecular flexibility index (Phi) is 4.64. The fourth-order valence-electron chi connectivity index (χ4n) is 3.28. The maximum absolute atomic E-state index is 5.83. The van der Waals surface area contributed by atoms with Gasteiger partial charge in [-0.05, 0) is 49.7 Å². The van der Waals surface area contributed by atoms with E-state index in [0.29, 0.717) is 0 Å². The first-order chi connectivity index (χ1) is 9.76. The highest BCUT2D eigenvalue weighted by atomic mass is 79.9. The molecule has 3 nitrogen and oxygen atoms in total. The highest BCUT2D eigenvalue weighted by molar-refractivity contribution is 9.10. The molecule has 20 heavy (non-hydrogen) atoms. The Bertz CT molecular complexity index is 478. The molecular weight excluding hydrogens is 316 g/mol. The minimum Gasteiger partial charge on any atom is -0.493 e. The SMILES string of the molecule is CCNCC1CCN(Cc2cc(Br)cc3c2OCC3)C1. The molecular formula is C16H23BrN2O. The summed E-state index contributed by atoms with van der Waals surface area (Å²) < 4.78 is 7.01. The van der Waals surface area contributed by atoms with Gasteiger partial charge in [-0.2, -0.15) is 0 Å². The average molecular weight is 339 g/mol. The van der Waals surface area contributed by atoms with Crippen LogP contribution in [0, 0.1) is 5.92 Å². The summed E-state index contributed by atoms with van der Waals surface area (Å²) in [6.45, 7) is 8.66. The van der Waals surface area contributed by atoms with Gasteiger partial charge in [0.1, 0.15) is 5.75 Å². The lowest BCUT2D eigenvalue weighted by atomic mass is 10.1. The standard InChI is InChI=1S/C16H23BrN2O/c1-2-18-9-12-3-5-19(10-12)11-14-8-15(17)7-13-4-6-20-16(13)14/h7-8,12,18H,2-6,9-11H2,1H3. The third-order valence-corrected chi connectivity index (χ3v) is 4.73. The zero-order chi connectivity index (χ0) is 13.9. The number of benzene rings is 1. The highest BCUT2D eigenvalue weighted by Crippen LogP contribution is 2.34. The Hall–Kier alpha value is -0.580. The first-order valence-electron chi connectivity index (χ1n) is 7.63. The first-order valence-corrected chi connectivity index (χ1v) is 8.42. The quantitative estimate of drug-likeness (QED) is 0.893. The van der Waals surface area contributed by atoms with Crippen LogP contribution in [-0.4, -0.2) is 37.7 Å². The number of hydrogen-bond donors (Lipinski definition) is 1. The molecule has 0 aromatic heterocycles. The van der Waals surface area contributed by atoms with Gasteiger partial charge in [0.05, 0.1) is 6.61 Å². The molecule has 0 saturated carbocycles. The van der Waals surface area contributed by atoms with Crippen LogP contribution < -0.4 is 10.1 Å². The minimum absolute atomic E-state index is 0.802. The maximum Gasteiger partial charge on any atom is 0.127 e. The largest absolute Gasteiger partial charge is 0.493 e. The molecule has 0 amide bonds. The number of likely N-dealkylation sites (tertiary alicyclic amines) is 1. The maximum atomic E-state index is 5.83. The van der Waals surface area contributed by atoms with Gasteiger partial charge in [0.2, 0.25) is 0 Å². The van der Waals surface area contributed by atoms with E-state index in [9.17, 15) is 0 Å². The zero-order valence-electron chi connectivity index (χ0n) is 12.1. The second-order valence-electron chi connectivity index (χ2n) is 5.85. The summed E-state index contributed by atoms with van der Waals surface area (Å²) in [5.74, 6) is 1.94. The van der Waals surface area contributed by atoms with Crippen molar-refractivity contribution in [2.45, 2.75) is 26.3 Å². The van der Waals surface area contributed by atoms with Gasteiger partial charge in [-0.3, -0.25) is 4.90 Å². The van der Waals surface area contributed by atoms with Crippen molar-refractivity contribution in [3.05, 3.63) is 27.7 Å². The molecule has 2 aliphatic rings. The number of ether oxygens (including phenoxy) is 1. The van der Waals surface area contributed by atoms with Crippen LogP contribution in [0.15, 0.2) is 16.6 Å². The topological polar surface area (TPSA) is 24.5 Å². The molecule has 1 aromatic carbocycles. The van der Waals surface area contributed by atoms with Gasteiger partial charge in [0.25, 0.3) is 0 Å². The van der Waals surface area contributed by atoms with Gasteiger partial charge in [-0.25, -0.2) is 0 Å². The normalized spacial score (nSPS) is 22.0. The van der Waals surface area contributed by atoms with Crippen molar-refractivity contribution in [2.24, 2.45) is 5.92 Å². The molecule has 2 aliphatic heterocycles. The van der Waals surface area contributed by atoms with Crippen molar-refractivity contribution in [1.29, 1.82) is 0 Å². The second-order valence-corrected chi connectivity index (χ2v) is 6.76. The molecule has 110 valence electrons. The number of hydrogen-bond acceptors (Lipinski definition) is 3. The summed E-state index contributed by atoms with van der Waals surface area (Å²) in [5, 5.41) is 3.47. The van der Waals surface area contributed by atoms with Crippen LogP contribution in [0.5, 0.6) is 5.75 Å². The van der Waals surface area contributed by atoms with Gasteiger partial charge < -0.3 is 10.1 Å². The van der Waals surface area contributed by atoms with Gasteiger partial charge in [0, 0.05) is 29.5 Å². The highest BCUT2D eigenvalue weighted by Gasteiger charge is 2.24. The summed E-state index contributed by atoms with van der Waals surface area (Å²) >= 11 is 3.63. The smallest absolute Gasteiger partial charge is 0.127 e. The predicted molar refractivity (Wildman–Crippen MR) is 85.3 cm³/mol. The average Bonchev–Trinajstić information content (AvgIpc) is 3.05. The summed E-state index contributed by atoms with van der Waals surface area (Å²) in [7, 11) is 0. The molecule has 1 fully saturated rings. The molecule has 1 aromatic rings. The third kappa shape index (κ3) is 3.18. The Labute approximate surface area is 129 Å². The van der Waals surface area contributed by atoms with Gasteiger partial charge in [0.15, 0.2) is 0 Å². The Morgan fingerprint density at radius 2 is 2.35 bits per heavy atom. The lowest BCUT2D eigenvalue weighted by molar-refractivity contribution is 0.301. The monoisotopic (exact) mass is 338 g/mol. The molecule has 2 heterocycles. The Morgan fingerprint density at radius 3 is 3.20 bits per heavy atom. The first kappa shape index (κ1) is 14.4. The van der Waals surface area contributed by atoms with Crippen molar-refractivity contribution < 1.29 is 4.74 Å². The van der Waals surface area contributed by atoms with Gasteiger partial charge in [-0.1, -0.05) is 22.9 Å². The van der Waals surface area contributed by atoms with Crippen LogP contribution in [0.25, 0.3) is 0 Å². The molecule has 4 heteroatoms. The van der Waals surface area contributed by atoms with E-state index in [1.54, 1.807) is 0 Å². The van der Waals surface area contributed by atoms with Gasteiger partial charge >= 0.3 is 0 Å². The summed E-state index contributed by atoms with van der Waals surface area (Å²) in [5.41, 5.74) is 2.70. The zero-order valence-corrected chi connectivity index (χ0v) is 13.7. The molecule has 3 rings (SSSR count). The fraction of sp³-hybridized carbons (Fsp3) is 0.625. The predicted octanol–water partition coefficient (Wildman–Crippen LogP) is 2.82. The third-order valence-electron chi connectivity index (χ3n) is 4.27. The van der Waals surface area contributed by atoms with E-state index in [4.69, 9.17) is 4.74 Å². The van der Waals surface area contributed by atoms with Crippen LogP contribution in [0.2, 0.25) is 0 Å². The van der Waals surface area contributed by atoms with E-state index in [1.165, 1.54) is 35.1 Å². The molecule has 0 spiro atoms. The summed E-state index contributed by atoms with van der Waals surface area (Å²) in [6, 6.07) is 4.42. The molecule has 1 N–H and O–H groups in total. The van der Waals surface area contributed by atoms with Crippen molar-refractivity contribution >= 4 is 15.9 Å². The van der Waals surface area contributed by atoms with E-state index in [-0.39, 0.29) is 0 Å². The lowest BCUT2D eigenvalue weighted by Gasteiger charge is -2.18. The Morgan fingerprint density at radius 1 is 1.45 bits per heavy atom. The summed E-state index contributed by atoms with van der Waals surface area (Å²) in [4.78, 5) is 2.56. The second kappa shape index (κ2) is 6.46. The van der Waals surface area contributed by atoms with Crippen LogP contribution >= 0.6 is 15.9 Å². The van der Waals surface area contributed by atoms with Crippen molar-refractivity contribution in [2.75, 3.05) is 32.8 Å². The molecule has 1 unspecified atom stereocenters. The van der Waals surface area contributed by atoms with Gasteiger partial charge in [-0.15, -0.1) is 0 Å². The van der Waals surface area contributed by atoms with Crippen molar-refractivity contribution in [1.82, 2.24) is 10.2 Å². The minimum atomic E-state index is 0.802. The number of fused-ring (bicyclic) bond motifs is 1. The van der Waals surface area contributed by atoms with E-state index < -0.39 is 0 Å². The van der Waals surface area contributed by atoms with E-state index in [0.717, 1.165) is 44.3 Å². The molecule has 0 aliphatic carbocycles. The summed E-state index contributed by atoms with van der Waals surface area (Å²) in [6.07, 6.45) is 2.36. The fourth-order valence-corrected chi connectivity index (χ4v) is 3.83. The molecule has 1 atom stereocenters. The lowest BCUT2D eigenvalue weighted by Crippen LogP contribution is -2.26. The number of rotatable bonds is 5. The number of nitrogens with zero attached hydrogens (tertiary/aromatic N) is 1.